The lowest BCUT2D eigenvalue weighted by molar-refractivity contribution is 0.0697. The van der Waals surface area contributed by atoms with Gasteiger partial charge in [-0.15, -0.1) is 0 Å². The molecule has 0 amide bonds. The van der Waals surface area contributed by atoms with Crippen molar-refractivity contribution in [3.05, 3.63) is 29.8 Å². The number of benzene rings is 1. The SMILES string of the molecule is CCC[C@H]1CN(c2ccccc2C(=O)O)CCN1. The number of nitrogens with one attached hydrogen (secondary N) is 1. The molecular weight excluding hydrogens is 228 g/mol. The molecule has 0 radical (unpaired) electrons. The molecule has 1 fully saturated rings. The van der Waals surface area contributed by atoms with Gasteiger partial charge < -0.3 is 15.3 Å². The molecule has 0 unspecified atom stereocenters. The van der Waals surface area contributed by atoms with Crippen LogP contribution in [0.25, 0.3) is 0 Å². The van der Waals surface area contributed by atoms with Crippen LogP contribution in [0.2, 0.25) is 0 Å². The van der Waals surface area contributed by atoms with E-state index in [2.05, 4.69) is 17.1 Å². The molecule has 2 N–H and O–H groups in total. The minimum atomic E-state index is -0.851. The standard InChI is InChI=1S/C14H20N2O2/c1-2-5-11-10-16(9-8-15-11)13-7-4-3-6-12(13)14(17)18/h3-4,6-7,11,15H,2,5,8-10H2,1H3,(H,17,18)/t11-/m0/s1. The predicted octanol–water partition coefficient (Wildman–Crippen LogP) is 1.96. The molecule has 0 saturated carbocycles. The number of anilines is 1. The van der Waals surface area contributed by atoms with Gasteiger partial charge in [0.25, 0.3) is 0 Å². The van der Waals surface area contributed by atoms with Gasteiger partial charge >= 0.3 is 5.97 Å². The summed E-state index contributed by atoms with van der Waals surface area (Å²) in [5.41, 5.74) is 1.24. The number of hydrogen-bond donors (Lipinski definition) is 2. The second-order valence-corrected chi connectivity index (χ2v) is 4.71. The van der Waals surface area contributed by atoms with E-state index in [1.165, 1.54) is 0 Å². The first kappa shape index (κ1) is 12.9. The Kier molecular flexibility index (Phi) is 4.20. The highest BCUT2D eigenvalue weighted by molar-refractivity contribution is 5.94. The van der Waals surface area contributed by atoms with Gasteiger partial charge in [0.2, 0.25) is 0 Å². The van der Waals surface area contributed by atoms with E-state index in [4.69, 9.17) is 0 Å². The summed E-state index contributed by atoms with van der Waals surface area (Å²) in [4.78, 5) is 13.4. The number of carboxylic acids is 1. The summed E-state index contributed by atoms with van der Waals surface area (Å²) in [5.74, 6) is -0.851. The fraction of sp³-hybridized carbons (Fsp3) is 0.500. The molecule has 1 atom stereocenters. The third kappa shape index (κ3) is 2.82. The Labute approximate surface area is 108 Å². The van der Waals surface area contributed by atoms with E-state index in [-0.39, 0.29) is 0 Å². The Balaban J connectivity index is 2.18. The van der Waals surface area contributed by atoms with Gasteiger partial charge in [0.1, 0.15) is 0 Å². The summed E-state index contributed by atoms with van der Waals surface area (Å²) in [6, 6.07) is 7.72. The first-order valence-corrected chi connectivity index (χ1v) is 6.53. The molecular formula is C14H20N2O2. The maximum atomic E-state index is 11.2. The van der Waals surface area contributed by atoms with E-state index in [0.717, 1.165) is 38.2 Å². The fourth-order valence-electron chi connectivity index (χ4n) is 2.52. The number of carboxylic acid groups (broad SMARTS) is 1. The molecule has 0 aromatic heterocycles. The van der Waals surface area contributed by atoms with Crippen LogP contribution in [-0.2, 0) is 0 Å². The number of para-hydroxylation sites is 1. The van der Waals surface area contributed by atoms with E-state index in [1.54, 1.807) is 12.1 Å². The Morgan fingerprint density at radius 3 is 3.00 bits per heavy atom. The number of hydrogen-bond acceptors (Lipinski definition) is 3. The highest BCUT2D eigenvalue weighted by Crippen LogP contribution is 2.22. The first-order valence-electron chi connectivity index (χ1n) is 6.53. The fourth-order valence-corrected chi connectivity index (χ4v) is 2.52. The van der Waals surface area contributed by atoms with E-state index < -0.39 is 5.97 Å². The lowest BCUT2D eigenvalue weighted by atomic mass is 10.1. The molecule has 0 bridgehead atoms. The van der Waals surface area contributed by atoms with Crippen molar-refractivity contribution < 1.29 is 9.90 Å². The Morgan fingerprint density at radius 1 is 1.50 bits per heavy atom. The highest BCUT2D eigenvalue weighted by Gasteiger charge is 2.22. The molecule has 1 saturated heterocycles. The van der Waals surface area contributed by atoms with Crippen molar-refractivity contribution in [3.63, 3.8) is 0 Å². The van der Waals surface area contributed by atoms with Crippen molar-refractivity contribution >= 4 is 11.7 Å². The van der Waals surface area contributed by atoms with Gasteiger partial charge in [0, 0.05) is 25.7 Å². The second kappa shape index (κ2) is 5.87. The molecule has 1 aliphatic rings. The number of aromatic carboxylic acids is 1. The summed E-state index contributed by atoms with van der Waals surface area (Å²) in [7, 11) is 0. The smallest absolute Gasteiger partial charge is 0.337 e. The van der Waals surface area contributed by atoms with Gasteiger partial charge in [-0.3, -0.25) is 0 Å². The van der Waals surface area contributed by atoms with E-state index in [9.17, 15) is 9.90 Å². The zero-order valence-electron chi connectivity index (χ0n) is 10.7. The minimum absolute atomic E-state index is 0.398. The number of piperazine rings is 1. The maximum Gasteiger partial charge on any atom is 0.337 e. The normalized spacial score (nSPS) is 19.8. The zero-order valence-corrected chi connectivity index (χ0v) is 10.7. The molecule has 2 rings (SSSR count). The van der Waals surface area contributed by atoms with Gasteiger partial charge in [-0.05, 0) is 18.6 Å². The number of carbonyl (C=O) groups is 1. The quantitative estimate of drug-likeness (QED) is 0.855. The van der Waals surface area contributed by atoms with Gasteiger partial charge in [-0.25, -0.2) is 4.79 Å². The van der Waals surface area contributed by atoms with Crippen molar-refractivity contribution in [2.75, 3.05) is 24.5 Å². The number of rotatable bonds is 4. The Bertz CT molecular complexity index is 418. The van der Waals surface area contributed by atoms with E-state index in [0.29, 0.717) is 11.6 Å². The highest BCUT2D eigenvalue weighted by atomic mass is 16.4. The average Bonchev–Trinajstić information content (AvgIpc) is 2.39. The van der Waals surface area contributed by atoms with Crippen molar-refractivity contribution in [3.8, 4) is 0 Å². The monoisotopic (exact) mass is 248 g/mol. The third-order valence-electron chi connectivity index (χ3n) is 3.37. The molecule has 1 heterocycles. The molecule has 0 aliphatic carbocycles. The van der Waals surface area contributed by atoms with Crippen LogP contribution >= 0.6 is 0 Å². The van der Waals surface area contributed by atoms with Crippen molar-refractivity contribution in [1.29, 1.82) is 0 Å². The summed E-state index contributed by atoms with van der Waals surface area (Å²) >= 11 is 0. The van der Waals surface area contributed by atoms with Crippen LogP contribution in [-0.4, -0.2) is 36.8 Å². The molecule has 18 heavy (non-hydrogen) atoms. The lowest BCUT2D eigenvalue weighted by Gasteiger charge is -2.35. The van der Waals surface area contributed by atoms with Crippen LogP contribution < -0.4 is 10.2 Å². The minimum Gasteiger partial charge on any atom is -0.478 e. The van der Waals surface area contributed by atoms with Crippen LogP contribution in [0.1, 0.15) is 30.1 Å². The molecule has 4 nitrogen and oxygen atoms in total. The molecule has 1 aromatic rings. The molecule has 98 valence electrons. The van der Waals surface area contributed by atoms with Crippen molar-refractivity contribution in [1.82, 2.24) is 5.32 Å². The summed E-state index contributed by atoms with van der Waals surface area (Å²) < 4.78 is 0. The predicted molar refractivity (Wildman–Crippen MR) is 72.3 cm³/mol. The zero-order chi connectivity index (χ0) is 13.0. The molecule has 0 spiro atoms. The van der Waals surface area contributed by atoms with Gasteiger partial charge in [-0.2, -0.15) is 0 Å². The van der Waals surface area contributed by atoms with Crippen LogP contribution in [0.4, 0.5) is 5.69 Å². The Hall–Kier alpha value is -1.55. The van der Waals surface area contributed by atoms with Crippen LogP contribution in [0.3, 0.4) is 0 Å². The topological polar surface area (TPSA) is 52.6 Å². The second-order valence-electron chi connectivity index (χ2n) is 4.71. The van der Waals surface area contributed by atoms with E-state index >= 15 is 0 Å². The maximum absolute atomic E-state index is 11.2. The Morgan fingerprint density at radius 2 is 2.28 bits per heavy atom. The molecule has 4 heteroatoms. The van der Waals surface area contributed by atoms with Crippen LogP contribution in [0.5, 0.6) is 0 Å². The van der Waals surface area contributed by atoms with Crippen LogP contribution in [0.15, 0.2) is 24.3 Å². The summed E-state index contributed by atoms with van der Waals surface area (Å²) in [6.07, 6.45) is 2.28. The van der Waals surface area contributed by atoms with Gasteiger partial charge in [0.05, 0.1) is 11.3 Å². The van der Waals surface area contributed by atoms with Gasteiger partial charge in [0.15, 0.2) is 0 Å². The first-order chi connectivity index (χ1) is 8.72. The third-order valence-corrected chi connectivity index (χ3v) is 3.37. The summed E-state index contributed by atoms with van der Waals surface area (Å²) in [6.45, 7) is 4.84. The van der Waals surface area contributed by atoms with E-state index in [1.807, 2.05) is 12.1 Å². The van der Waals surface area contributed by atoms with Crippen molar-refractivity contribution in [2.24, 2.45) is 0 Å². The van der Waals surface area contributed by atoms with Crippen LogP contribution in [0, 0.1) is 0 Å². The van der Waals surface area contributed by atoms with Crippen molar-refractivity contribution in [2.45, 2.75) is 25.8 Å². The molecule has 1 aromatic carbocycles. The largest absolute Gasteiger partial charge is 0.478 e. The summed E-state index contributed by atoms with van der Waals surface area (Å²) in [5, 5.41) is 12.7. The molecule has 1 aliphatic heterocycles. The average molecular weight is 248 g/mol. The number of nitrogens with zero attached hydrogens (tertiary/aromatic N) is 1. The van der Waals surface area contributed by atoms with Gasteiger partial charge in [-0.1, -0.05) is 25.5 Å². The lowest BCUT2D eigenvalue weighted by Crippen LogP contribution is -2.51.